The lowest BCUT2D eigenvalue weighted by Gasteiger charge is -2.28. The standard InChI is InChI=1S/C16H23NO3S/c1-12(17(2)16(18)14-6-4-5-7-14)13-8-10-15(11-9-13)21(3,19)20/h8-12,14H,4-7H2,1-3H3. The lowest BCUT2D eigenvalue weighted by molar-refractivity contribution is -0.135. The zero-order valence-electron chi connectivity index (χ0n) is 12.9. The quantitative estimate of drug-likeness (QED) is 0.859. The molecule has 0 spiro atoms. The Labute approximate surface area is 127 Å². The van der Waals surface area contributed by atoms with E-state index in [0.717, 1.165) is 31.2 Å². The van der Waals surface area contributed by atoms with Crippen LogP contribution in [0.2, 0.25) is 0 Å². The van der Waals surface area contributed by atoms with Gasteiger partial charge in [0.05, 0.1) is 10.9 Å². The summed E-state index contributed by atoms with van der Waals surface area (Å²) >= 11 is 0. The maximum absolute atomic E-state index is 12.4. The third-order valence-corrected chi connectivity index (χ3v) is 5.55. The minimum atomic E-state index is -3.18. The number of benzene rings is 1. The van der Waals surface area contributed by atoms with E-state index in [1.807, 2.05) is 14.0 Å². The van der Waals surface area contributed by atoms with Crippen molar-refractivity contribution in [1.82, 2.24) is 4.90 Å². The van der Waals surface area contributed by atoms with Gasteiger partial charge in [-0.2, -0.15) is 0 Å². The fraction of sp³-hybridized carbons (Fsp3) is 0.562. The molecule has 2 rings (SSSR count). The van der Waals surface area contributed by atoms with Gasteiger partial charge >= 0.3 is 0 Å². The first-order valence-electron chi connectivity index (χ1n) is 7.37. The minimum Gasteiger partial charge on any atom is -0.339 e. The highest BCUT2D eigenvalue weighted by atomic mass is 32.2. The summed E-state index contributed by atoms with van der Waals surface area (Å²) in [4.78, 5) is 14.5. The first kappa shape index (κ1) is 16.0. The number of hydrogen-bond acceptors (Lipinski definition) is 3. The molecular weight excluding hydrogens is 286 g/mol. The van der Waals surface area contributed by atoms with Crippen molar-refractivity contribution in [2.75, 3.05) is 13.3 Å². The van der Waals surface area contributed by atoms with Crippen LogP contribution >= 0.6 is 0 Å². The Morgan fingerprint density at radius 2 is 1.71 bits per heavy atom. The monoisotopic (exact) mass is 309 g/mol. The third kappa shape index (κ3) is 3.64. The second-order valence-electron chi connectivity index (χ2n) is 5.95. The first-order chi connectivity index (χ1) is 9.80. The van der Waals surface area contributed by atoms with Gasteiger partial charge in [0, 0.05) is 19.2 Å². The van der Waals surface area contributed by atoms with Crippen molar-refractivity contribution in [2.45, 2.75) is 43.5 Å². The van der Waals surface area contributed by atoms with Crippen LogP contribution in [0.15, 0.2) is 29.2 Å². The van der Waals surface area contributed by atoms with E-state index in [1.54, 1.807) is 29.2 Å². The van der Waals surface area contributed by atoms with Gasteiger partial charge in [0.15, 0.2) is 9.84 Å². The molecule has 0 heterocycles. The number of sulfone groups is 1. The lowest BCUT2D eigenvalue weighted by atomic mass is 10.0. The van der Waals surface area contributed by atoms with E-state index in [-0.39, 0.29) is 17.9 Å². The normalized spacial score (nSPS) is 17.7. The minimum absolute atomic E-state index is 0.0493. The Bertz CT molecular complexity index is 601. The summed E-state index contributed by atoms with van der Waals surface area (Å²) in [6.07, 6.45) is 5.45. The second-order valence-corrected chi connectivity index (χ2v) is 7.96. The number of hydrogen-bond donors (Lipinski definition) is 0. The Kier molecular flexibility index (Phi) is 4.71. The van der Waals surface area contributed by atoms with E-state index in [4.69, 9.17) is 0 Å². The highest BCUT2D eigenvalue weighted by molar-refractivity contribution is 7.90. The van der Waals surface area contributed by atoms with Gasteiger partial charge in [0.1, 0.15) is 0 Å². The molecule has 0 saturated heterocycles. The van der Waals surface area contributed by atoms with E-state index in [9.17, 15) is 13.2 Å². The average molecular weight is 309 g/mol. The SMILES string of the molecule is CC(c1ccc(S(C)(=O)=O)cc1)N(C)C(=O)C1CCCC1. The van der Waals surface area contributed by atoms with Crippen LogP contribution in [0, 0.1) is 5.92 Å². The molecule has 1 amide bonds. The average Bonchev–Trinajstić information content (AvgIpc) is 2.98. The van der Waals surface area contributed by atoms with Gasteiger partial charge in [0.25, 0.3) is 0 Å². The summed E-state index contributed by atoms with van der Waals surface area (Å²) in [6.45, 7) is 1.97. The summed E-state index contributed by atoms with van der Waals surface area (Å²) < 4.78 is 22.9. The van der Waals surface area contributed by atoms with Crippen LogP contribution in [0.25, 0.3) is 0 Å². The molecule has 1 fully saturated rings. The topological polar surface area (TPSA) is 54.5 Å². The van der Waals surface area contributed by atoms with Gasteiger partial charge in [-0.15, -0.1) is 0 Å². The maximum Gasteiger partial charge on any atom is 0.225 e. The Morgan fingerprint density at radius 3 is 2.19 bits per heavy atom. The van der Waals surface area contributed by atoms with Gasteiger partial charge < -0.3 is 4.90 Å². The van der Waals surface area contributed by atoms with Crippen molar-refractivity contribution in [3.8, 4) is 0 Å². The van der Waals surface area contributed by atoms with Crippen LogP contribution in [-0.4, -0.2) is 32.5 Å². The molecule has 1 aromatic carbocycles. The lowest BCUT2D eigenvalue weighted by Crippen LogP contribution is -2.34. The molecule has 0 N–H and O–H groups in total. The van der Waals surface area contributed by atoms with Crippen LogP contribution < -0.4 is 0 Å². The molecule has 116 valence electrons. The molecule has 1 saturated carbocycles. The van der Waals surface area contributed by atoms with Crippen LogP contribution in [0.1, 0.15) is 44.2 Å². The fourth-order valence-electron chi connectivity index (χ4n) is 2.87. The molecule has 4 nitrogen and oxygen atoms in total. The number of carbonyl (C=O) groups is 1. The zero-order chi connectivity index (χ0) is 15.6. The Morgan fingerprint density at radius 1 is 1.19 bits per heavy atom. The van der Waals surface area contributed by atoms with E-state index in [2.05, 4.69) is 0 Å². The molecule has 0 aromatic heterocycles. The van der Waals surface area contributed by atoms with E-state index < -0.39 is 9.84 Å². The number of carbonyl (C=O) groups excluding carboxylic acids is 1. The molecule has 1 atom stereocenters. The zero-order valence-corrected chi connectivity index (χ0v) is 13.7. The van der Waals surface area contributed by atoms with Crippen molar-refractivity contribution in [2.24, 2.45) is 5.92 Å². The van der Waals surface area contributed by atoms with Gasteiger partial charge in [-0.05, 0) is 37.5 Å². The van der Waals surface area contributed by atoms with Gasteiger partial charge in [-0.1, -0.05) is 25.0 Å². The first-order valence-corrected chi connectivity index (χ1v) is 9.26. The van der Waals surface area contributed by atoms with Crippen LogP contribution in [0.4, 0.5) is 0 Å². The van der Waals surface area contributed by atoms with Crippen molar-refractivity contribution >= 4 is 15.7 Å². The summed E-state index contributed by atoms with van der Waals surface area (Å²) in [6, 6.07) is 6.75. The van der Waals surface area contributed by atoms with Crippen LogP contribution in [0.5, 0.6) is 0 Å². The van der Waals surface area contributed by atoms with E-state index in [1.165, 1.54) is 6.26 Å². The van der Waals surface area contributed by atoms with Crippen molar-refractivity contribution in [1.29, 1.82) is 0 Å². The summed E-state index contributed by atoms with van der Waals surface area (Å²) in [5.41, 5.74) is 0.955. The predicted molar refractivity (Wildman–Crippen MR) is 82.7 cm³/mol. The fourth-order valence-corrected chi connectivity index (χ4v) is 3.50. The molecule has 0 aliphatic heterocycles. The van der Waals surface area contributed by atoms with Crippen molar-refractivity contribution in [3.63, 3.8) is 0 Å². The second kappa shape index (κ2) is 6.18. The molecule has 1 aliphatic carbocycles. The van der Waals surface area contributed by atoms with Crippen molar-refractivity contribution in [3.05, 3.63) is 29.8 Å². The summed E-state index contributed by atoms with van der Waals surface area (Å²) in [7, 11) is -1.35. The van der Waals surface area contributed by atoms with Gasteiger partial charge in [-0.25, -0.2) is 8.42 Å². The van der Waals surface area contributed by atoms with E-state index in [0.29, 0.717) is 4.90 Å². The highest BCUT2D eigenvalue weighted by Gasteiger charge is 2.28. The largest absolute Gasteiger partial charge is 0.339 e. The Hall–Kier alpha value is -1.36. The molecule has 0 radical (unpaired) electrons. The number of rotatable bonds is 4. The van der Waals surface area contributed by atoms with Crippen LogP contribution in [-0.2, 0) is 14.6 Å². The van der Waals surface area contributed by atoms with Crippen molar-refractivity contribution < 1.29 is 13.2 Å². The van der Waals surface area contributed by atoms with Gasteiger partial charge in [0.2, 0.25) is 5.91 Å². The molecule has 1 aliphatic rings. The number of amides is 1. The molecular formula is C16H23NO3S. The maximum atomic E-state index is 12.4. The Balaban J connectivity index is 2.11. The highest BCUT2D eigenvalue weighted by Crippen LogP contribution is 2.29. The summed E-state index contributed by atoms with van der Waals surface area (Å²) in [5.74, 6) is 0.361. The molecule has 1 aromatic rings. The number of nitrogens with zero attached hydrogens (tertiary/aromatic N) is 1. The van der Waals surface area contributed by atoms with Crippen LogP contribution in [0.3, 0.4) is 0 Å². The molecule has 5 heteroatoms. The smallest absolute Gasteiger partial charge is 0.225 e. The molecule has 0 bridgehead atoms. The summed E-state index contributed by atoms with van der Waals surface area (Å²) in [5, 5.41) is 0. The molecule has 21 heavy (non-hydrogen) atoms. The third-order valence-electron chi connectivity index (χ3n) is 4.42. The predicted octanol–water partition coefficient (Wildman–Crippen LogP) is 2.80. The van der Waals surface area contributed by atoms with Gasteiger partial charge in [-0.3, -0.25) is 4.79 Å². The molecule has 1 unspecified atom stereocenters. The van der Waals surface area contributed by atoms with E-state index >= 15 is 0 Å².